The molecule has 0 bridgehead atoms. The van der Waals surface area contributed by atoms with Crippen LogP contribution in [0.3, 0.4) is 0 Å². The van der Waals surface area contributed by atoms with Gasteiger partial charge in [-0.1, -0.05) is 12.1 Å². The third-order valence-electron chi connectivity index (χ3n) is 7.09. The summed E-state index contributed by atoms with van der Waals surface area (Å²) in [6, 6.07) is 16.7. The highest BCUT2D eigenvalue weighted by Gasteiger charge is 2.30. The number of nitrogens with one attached hydrogen (secondary N) is 1. The van der Waals surface area contributed by atoms with E-state index in [0.29, 0.717) is 24.4 Å². The summed E-state index contributed by atoms with van der Waals surface area (Å²) in [5, 5.41) is 4.16. The molecular weight excluding hydrogens is 516 g/mol. The molecule has 4 aromatic rings. The molecule has 2 aromatic carbocycles. The van der Waals surface area contributed by atoms with Gasteiger partial charge in [0.25, 0.3) is 5.91 Å². The van der Waals surface area contributed by atoms with Crippen molar-refractivity contribution in [3.8, 4) is 5.75 Å². The van der Waals surface area contributed by atoms with E-state index in [1.165, 1.54) is 6.07 Å². The molecule has 1 amide bonds. The Morgan fingerprint density at radius 3 is 2.85 bits per heavy atom. The molecule has 6 rings (SSSR count). The zero-order valence-electron chi connectivity index (χ0n) is 21.7. The van der Waals surface area contributed by atoms with E-state index in [4.69, 9.17) is 9.47 Å². The molecule has 1 N–H and O–H groups in total. The third-order valence-corrected chi connectivity index (χ3v) is 9.27. The molecule has 0 saturated heterocycles. The van der Waals surface area contributed by atoms with E-state index in [0.717, 1.165) is 33.7 Å². The Labute approximate surface area is 226 Å². The Kier molecular flexibility index (Phi) is 6.44. The number of aryl methyl sites for hydroxylation is 1. The molecule has 1 atom stereocenters. The van der Waals surface area contributed by atoms with Crippen molar-refractivity contribution in [2.45, 2.75) is 37.1 Å². The largest absolute Gasteiger partial charge is 0.488 e. The number of hydrogen-bond acceptors (Lipinski definition) is 8. The van der Waals surface area contributed by atoms with Crippen LogP contribution in [0.25, 0.3) is 10.8 Å². The van der Waals surface area contributed by atoms with E-state index < -0.39 is 15.1 Å². The Bertz CT molecular complexity index is 1710. The van der Waals surface area contributed by atoms with Gasteiger partial charge in [0.15, 0.2) is 21.4 Å². The van der Waals surface area contributed by atoms with Gasteiger partial charge in [-0.2, -0.15) is 0 Å². The molecule has 0 fully saturated rings. The average Bonchev–Trinajstić information content (AvgIpc) is 3.05. The lowest BCUT2D eigenvalue weighted by atomic mass is 10.1. The number of rotatable bonds is 4. The fraction of sp³-hybridized carbons (Fsp3) is 0.276. The fourth-order valence-electron chi connectivity index (χ4n) is 4.87. The Hall–Kier alpha value is -4.02. The minimum atomic E-state index is -3.57. The molecule has 0 saturated carbocycles. The van der Waals surface area contributed by atoms with Gasteiger partial charge in [0.2, 0.25) is 0 Å². The molecule has 9 nitrogen and oxygen atoms in total. The predicted octanol–water partition coefficient (Wildman–Crippen LogP) is 4.09. The van der Waals surface area contributed by atoms with Crippen LogP contribution in [-0.4, -0.2) is 49.3 Å². The average molecular weight is 545 g/mol. The monoisotopic (exact) mass is 544 g/mol. The van der Waals surface area contributed by atoms with Gasteiger partial charge in [-0.15, -0.1) is 0 Å². The molecule has 0 aliphatic carbocycles. The first-order valence-electron chi connectivity index (χ1n) is 12.8. The summed E-state index contributed by atoms with van der Waals surface area (Å²) in [7, 11) is -3.57. The Morgan fingerprint density at radius 1 is 1.10 bits per heavy atom. The van der Waals surface area contributed by atoms with Gasteiger partial charge >= 0.3 is 0 Å². The lowest BCUT2D eigenvalue weighted by molar-refractivity contribution is 0.0950. The summed E-state index contributed by atoms with van der Waals surface area (Å²) in [5.41, 5.74) is 3.45. The number of hydrogen-bond donors (Lipinski definition) is 1. The highest BCUT2D eigenvalue weighted by Crippen LogP contribution is 2.36. The van der Waals surface area contributed by atoms with Gasteiger partial charge in [0.05, 0.1) is 42.1 Å². The number of ether oxygens (including phenoxy) is 2. The summed E-state index contributed by atoms with van der Waals surface area (Å²) < 4.78 is 37.1. The molecule has 2 aromatic heterocycles. The maximum Gasteiger partial charge on any atom is 0.251 e. The normalized spacial score (nSPS) is 18.0. The lowest BCUT2D eigenvalue weighted by Crippen LogP contribution is -2.29. The van der Waals surface area contributed by atoms with Crippen LogP contribution < -0.4 is 15.0 Å². The maximum atomic E-state index is 13.0. The topological polar surface area (TPSA) is 111 Å². The zero-order chi connectivity index (χ0) is 27.1. The lowest BCUT2D eigenvalue weighted by Gasteiger charge is -2.30. The summed E-state index contributed by atoms with van der Waals surface area (Å²) in [5.74, 6) is 1.19. The molecule has 10 heteroatoms. The highest BCUT2D eigenvalue weighted by molar-refractivity contribution is 7.92. The van der Waals surface area contributed by atoms with Crippen molar-refractivity contribution in [1.82, 2.24) is 15.3 Å². The minimum Gasteiger partial charge on any atom is -0.488 e. The summed E-state index contributed by atoms with van der Waals surface area (Å²) in [6.45, 7) is 5.35. The van der Waals surface area contributed by atoms with Crippen molar-refractivity contribution in [3.63, 3.8) is 0 Å². The number of carbonyl (C=O) groups is 1. The highest BCUT2D eigenvalue weighted by atomic mass is 32.2. The van der Waals surface area contributed by atoms with Gasteiger partial charge in [0, 0.05) is 28.5 Å². The van der Waals surface area contributed by atoms with Crippen molar-refractivity contribution in [1.29, 1.82) is 0 Å². The van der Waals surface area contributed by atoms with Crippen LogP contribution in [0.15, 0.2) is 65.7 Å². The molecule has 2 aliphatic heterocycles. The summed E-state index contributed by atoms with van der Waals surface area (Å²) in [6.07, 6.45) is 1.78. The number of amides is 1. The van der Waals surface area contributed by atoms with Crippen molar-refractivity contribution in [2.24, 2.45) is 0 Å². The number of aromatic nitrogens is 2. The first kappa shape index (κ1) is 25.3. The van der Waals surface area contributed by atoms with Crippen molar-refractivity contribution < 1.29 is 22.7 Å². The van der Waals surface area contributed by atoms with E-state index in [-0.39, 0.29) is 36.1 Å². The van der Waals surface area contributed by atoms with Crippen LogP contribution in [0, 0.1) is 6.92 Å². The van der Waals surface area contributed by atoms with Gasteiger partial charge in [-0.05, 0) is 67.3 Å². The molecule has 39 heavy (non-hydrogen) atoms. The molecular formula is C29H28N4O5S. The second-order valence-electron chi connectivity index (χ2n) is 9.86. The molecule has 0 unspecified atom stereocenters. The van der Waals surface area contributed by atoms with Crippen LogP contribution >= 0.6 is 0 Å². The van der Waals surface area contributed by atoms with Crippen LogP contribution in [0.4, 0.5) is 11.5 Å². The smallest absolute Gasteiger partial charge is 0.251 e. The van der Waals surface area contributed by atoms with E-state index in [1.54, 1.807) is 25.3 Å². The maximum absolute atomic E-state index is 13.0. The molecule has 2 aliphatic rings. The van der Waals surface area contributed by atoms with Crippen LogP contribution in [-0.2, 0) is 27.7 Å². The van der Waals surface area contributed by atoms with Gasteiger partial charge in [-0.25, -0.2) is 13.4 Å². The number of carbonyl (C=O) groups excluding carboxylic acids is 1. The molecule has 0 radical (unpaired) electrons. The van der Waals surface area contributed by atoms with Crippen LogP contribution in [0.5, 0.6) is 5.75 Å². The van der Waals surface area contributed by atoms with E-state index in [2.05, 4.69) is 26.3 Å². The first-order chi connectivity index (χ1) is 18.8. The van der Waals surface area contributed by atoms with E-state index in [9.17, 15) is 13.2 Å². The molecule has 0 spiro atoms. The van der Waals surface area contributed by atoms with E-state index >= 15 is 0 Å². The summed E-state index contributed by atoms with van der Waals surface area (Å²) >= 11 is 0. The van der Waals surface area contributed by atoms with Gasteiger partial charge in [0.1, 0.15) is 6.61 Å². The minimum absolute atomic E-state index is 0.127. The Morgan fingerprint density at radius 2 is 1.97 bits per heavy atom. The van der Waals surface area contributed by atoms with Gasteiger partial charge in [-0.3, -0.25) is 9.78 Å². The molecule has 200 valence electrons. The van der Waals surface area contributed by atoms with Crippen LogP contribution in [0.2, 0.25) is 0 Å². The number of sulfone groups is 1. The summed E-state index contributed by atoms with van der Waals surface area (Å²) in [4.78, 5) is 24.5. The van der Waals surface area contributed by atoms with Crippen molar-refractivity contribution >= 4 is 38.0 Å². The number of pyridine rings is 2. The first-order valence-corrected chi connectivity index (χ1v) is 14.3. The predicted molar refractivity (Wildman–Crippen MR) is 147 cm³/mol. The van der Waals surface area contributed by atoms with E-state index in [1.807, 2.05) is 37.3 Å². The fourth-order valence-corrected chi connectivity index (χ4v) is 6.37. The number of benzene rings is 2. The second-order valence-corrected chi connectivity index (χ2v) is 12.2. The zero-order valence-corrected chi connectivity index (χ0v) is 22.5. The third kappa shape index (κ3) is 4.81. The second kappa shape index (κ2) is 9.94. The number of anilines is 2. The van der Waals surface area contributed by atoms with Gasteiger partial charge < -0.3 is 19.7 Å². The SMILES string of the molecule is Cc1ccc2c(n1)N(c1ccc3cnc(CNC(=O)c4ccc5c(c4)S(=O)(=O)[C@@H](C)COC5)cc3c1)CCO2. The Balaban J connectivity index is 1.22. The quantitative estimate of drug-likeness (QED) is 0.409. The number of fused-ring (bicyclic) bond motifs is 3. The standard InChI is InChI=1S/C29H28N4O5S/c1-18-3-8-26-28(32-18)33(9-10-38-26)25-7-6-21-14-30-24(11-23(21)12-25)15-31-29(34)20-4-5-22-17-37-16-19(2)39(35,36)27(22)13-20/h3-8,11-14,19H,9-10,15-17H2,1-2H3,(H,31,34)/t19-/m0/s1. The molecule has 4 heterocycles. The van der Waals surface area contributed by atoms with Crippen LogP contribution in [0.1, 0.15) is 34.2 Å². The number of nitrogens with zero attached hydrogens (tertiary/aromatic N) is 3. The van der Waals surface area contributed by atoms with Crippen molar-refractivity contribution in [3.05, 3.63) is 83.3 Å². The van der Waals surface area contributed by atoms with Crippen molar-refractivity contribution in [2.75, 3.05) is 24.7 Å².